The van der Waals surface area contributed by atoms with Crippen LogP contribution < -0.4 is 5.73 Å². The maximum atomic E-state index is 6.50. The Morgan fingerprint density at radius 3 is 2.50 bits per heavy atom. The van der Waals surface area contributed by atoms with Crippen LogP contribution >= 0.6 is 27.3 Å². The molecule has 0 saturated heterocycles. The van der Waals surface area contributed by atoms with Gasteiger partial charge in [0.2, 0.25) is 0 Å². The lowest BCUT2D eigenvalue weighted by Gasteiger charge is -2.38. The second-order valence-corrected chi connectivity index (χ2v) is 7.40. The van der Waals surface area contributed by atoms with E-state index in [0.29, 0.717) is 5.41 Å². The van der Waals surface area contributed by atoms with Crippen molar-refractivity contribution in [3.8, 4) is 0 Å². The summed E-state index contributed by atoms with van der Waals surface area (Å²) in [5.74, 6) is 0. The van der Waals surface area contributed by atoms with Crippen LogP contribution in [0.4, 0.5) is 0 Å². The first-order valence-electron chi connectivity index (χ1n) is 6.04. The Morgan fingerprint density at radius 2 is 2.00 bits per heavy atom. The highest BCUT2D eigenvalue weighted by molar-refractivity contribution is 9.10. The third kappa shape index (κ3) is 2.36. The lowest BCUT2D eigenvalue weighted by atomic mass is 9.70. The largest absolute Gasteiger partial charge is 0.323 e. The molecule has 0 aliphatic heterocycles. The molecule has 0 bridgehead atoms. The molecule has 1 aliphatic rings. The van der Waals surface area contributed by atoms with Crippen molar-refractivity contribution in [3.05, 3.63) is 20.3 Å². The van der Waals surface area contributed by atoms with E-state index in [4.69, 9.17) is 5.73 Å². The van der Waals surface area contributed by atoms with Crippen LogP contribution in [0.5, 0.6) is 0 Å². The molecule has 1 nitrogen and oxygen atoms in total. The molecule has 0 radical (unpaired) electrons. The molecule has 0 spiro atoms. The number of hydrogen-bond donors (Lipinski definition) is 1. The third-order valence-corrected chi connectivity index (χ3v) is 5.92. The predicted molar refractivity (Wildman–Crippen MR) is 74.9 cm³/mol. The topological polar surface area (TPSA) is 26.0 Å². The Labute approximate surface area is 111 Å². The molecule has 1 aliphatic carbocycles. The first-order valence-corrected chi connectivity index (χ1v) is 7.65. The second kappa shape index (κ2) is 4.79. The van der Waals surface area contributed by atoms with Gasteiger partial charge in [-0.1, -0.05) is 26.2 Å². The Kier molecular flexibility index (Phi) is 3.77. The van der Waals surface area contributed by atoms with Gasteiger partial charge in [0.05, 0.1) is 0 Å². The standard InChI is InChI=1S/C13H20BrNS/c1-9-8-10(14)11(16-9)12(15)13(2)6-4-3-5-7-13/h8,12H,3-7,15H2,1-2H3. The monoisotopic (exact) mass is 301 g/mol. The van der Waals surface area contributed by atoms with Crippen LogP contribution in [0, 0.1) is 12.3 Å². The van der Waals surface area contributed by atoms with E-state index in [-0.39, 0.29) is 6.04 Å². The smallest absolute Gasteiger partial charge is 0.0455 e. The van der Waals surface area contributed by atoms with Crippen LogP contribution in [0.1, 0.15) is 54.8 Å². The van der Waals surface area contributed by atoms with Crippen LogP contribution in [-0.2, 0) is 0 Å². The summed E-state index contributed by atoms with van der Waals surface area (Å²) in [6, 6.07) is 2.38. The average Bonchev–Trinajstić information content (AvgIpc) is 2.58. The fourth-order valence-electron chi connectivity index (χ4n) is 2.70. The quantitative estimate of drug-likeness (QED) is 0.835. The first-order chi connectivity index (χ1) is 7.53. The zero-order valence-electron chi connectivity index (χ0n) is 10.1. The highest BCUT2D eigenvalue weighted by Gasteiger charge is 2.35. The SMILES string of the molecule is Cc1cc(Br)c(C(N)C2(C)CCCCC2)s1. The van der Waals surface area contributed by atoms with Gasteiger partial charge in [-0.15, -0.1) is 11.3 Å². The van der Waals surface area contributed by atoms with Crippen molar-refractivity contribution >= 4 is 27.3 Å². The molecular weight excluding hydrogens is 282 g/mol. The normalized spacial score (nSPS) is 22.0. The Morgan fingerprint density at radius 1 is 1.38 bits per heavy atom. The molecule has 3 heteroatoms. The van der Waals surface area contributed by atoms with Gasteiger partial charge in [-0.2, -0.15) is 0 Å². The molecule has 1 aromatic rings. The van der Waals surface area contributed by atoms with Gasteiger partial charge in [0.15, 0.2) is 0 Å². The summed E-state index contributed by atoms with van der Waals surface area (Å²) >= 11 is 5.48. The van der Waals surface area contributed by atoms with Gasteiger partial charge in [-0.3, -0.25) is 0 Å². The fourth-order valence-corrected chi connectivity index (χ4v) is 4.78. The van der Waals surface area contributed by atoms with Gasteiger partial charge < -0.3 is 5.73 Å². The van der Waals surface area contributed by atoms with Crippen LogP contribution in [-0.4, -0.2) is 0 Å². The molecule has 1 heterocycles. The summed E-state index contributed by atoms with van der Waals surface area (Å²) in [6.07, 6.45) is 6.61. The summed E-state index contributed by atoms with van der Waals surface area (Å²) in [5.41, 5.74) is 6.80. The van der Waals surface area contributed by atoms with Gasteiger partial charge in [0.1, 0.15) is 0 Å². The summed E-state index contributed by atoms with van der Waals surface area (Å²) in [5, 5.41) is 0. The van der Waals surface area contributed by atoms with E-state index >= 15 is 0 Å². The Bertz CT molecular complexity index is 366. The predicted octanol–water partition coefficient (Wildman–Crippen LogP) is 4.79. The van der Waals surface area contributed by atoms with Crippen LogP contribution in [0.2, 0.25) is 0 Å². The molecule has 1 aromatic heterocycles. The van der Waals surface area contributed by atoms with Crippen molar-refractivity contribution in [1.82, 2.24) is 0 Å². The average molecular weight is 302 g/mol. The van der Waals surface area contributed by atoms with Gasteiger partial charge in [0, 0.05) is 20.3 Å². The van der Waals surface area contributed by atoms with Crippen molar-refractivity contribution in [3.63, 3.8) is 0 Å². The molecular formula is C13H20BrNS. The van der Waals surface area contributed by atoms with Crippen molar-refractivity contribution in [2.75, 3.05) is 0 Å². The number of thiophene rings is 1. The van der Waals surface area contributed by atoms with E-state index < -0.39 is 0 Å². The molecule has 16 heavy (non-hydrogen) atoms. The molecule has 2 rings (SSSR count). The zero-order valence-corrected chi connectivity index (χ0v) is 12.5. The van der Waals surface area contributed by atoms with Crippen molar-refractivity contribution in [2.45, 2.75) is 52.0 Å². The van der Waals surface area contributed by atoms with Crippen molar-refractivity contribution in [1.29, 1.82) is 0 Å². The second-order valence-electron chi connectivity index (χ2n) is 5.26. The third-order valence-electron chi connectivity index (χ3n) is 3.87. The van der Waals surface area contributed by atoms with E-state index in [9.17, 15) is 0 Å². The van der Waals surface area contributed by atoms with Gasteiger partial charge in [-0.05, 0) is 47.2 Å². The molecule has 1 saturated carbocycles. The number of nitrogens with two attached hydrogens (primary N) is 1. The molecule has 90 valence electrons. The number of aryl methyl sites for hydroxylation is 1. The van der Waals surface area contributed by atoms with E-state index in [0.717, 1.165) is 0 Å². The van der Waals surface area contributed by atoms with E-state index in [1.54, 1.807) is 0 Å². The van der Waals surface area contributed by atoms with Crippen LogP contribution in [0.25, 0.3) is 0 Å². The van der Waals surface area contributed by atoms with Crippen LogP contribution in [0.3, 0.4) is 0 Å². The minimum Gasteiger partial charge on any atom is -0.323 e. The molecule has 0 aromatic carbocycles. The molecule has 1 fully saturated rings. The van der Waals surface area contributed by atoms with E-state index in [1.165, 1.54) is 46.3 Å². The molecule has 1 unspecified atom stereocenters. The fraction of sp³-hybridized carbons (Fsp3) is 0.692. The number of rotatable bonds is 2. The maximum absolute atomic E-state index is 6.50. The Hall–Kier alpha value is 0.140. The van der Waals surface area contributed by atoms with E-state index in [1.807, 2.05) is 11.3 Å². The van der Waals surface area contributed by atoms with E-state index in [2.05, 4.69) is 35.8 Å². The lowest BCUT2D eigenvalue weighted by Crippen LogP contribution is -2.33. The van der Waals surface area contributed by atoms with Gasteiger partial charge in [-0.25, -0.2) is 0 Å². The minimum atomic E-state index is 0.195. The lowest BCUT2D eigenvalue weighted by molar-refractivity contribution is 0.172. The number of halogens is 1. The highest BCUT2D eigenvalue weighted by atomic mass is 79.9. The highest BCUT2D eigenvalue weighted by Crippen LogP contribution is 2.47. The Balaban J connectivity index is 2.23. The van der Waals surface area contributed by atoms with Crippen molar-refractivity contribution < 1.29 is 0 Å². The maximum Gasteiger partial charge on any atom is 0.0455 e. The van der Waals surface area contributed by atoms with Crippen molar-refractivity contribution in [2.24, 2.45) is 11.1 Å². The molecule has 0 amide bonds. The van der Waals surface area contributed by atoms with Crippen LogP contribution in [0.15, 0.2) is 10.5 Å². The van der Waals surface area contributed by atoms with Gasteiger partial charge >= 0.3 is 0 Å². The first kappa shape index (κ1) is 12.6. The summed E-state index contributed by atoms with van der Waals surface area (Å²) in [6.45, 7) is 4.51. The summed E-state index contributed by atoms with van der Waals surface area (Å²) in [4.78, 5) is 2.68. The summed E-state index contributed by atoms with van der Waals surface area (Å²) in [7, 11) is 0. The summed E-state index contributed by atoms with van der Waals surface area (Å²) < 4.78 is 1.20. The zero-order chi connectivity index (χ0) is 11.8. The number of hydrogen-bond acceptors (Lipinski definition) is 2. The minimum absolute atomic E-state index is 0.195. The molecule has 2 N–H and O–H groups in total. The molecule has 1 atom stereocenters. The van der Waals surface area contributed by atoms with Gasteiger partial charge in [0.25, 0.3) is 0 Å².